The van der Waals surface area contributed by atoms with Crippen molar-refractivity contribution in [3.8, 4) is 17.2 Å². The van der Waals surface area contributed by atoms with Crippen molar-refractivity contribution in [2.45, 2.75) is 6.92 Å². The molecule has 2 aromatic rings. The van der Waals surface area contributed by atoms with Gasteiger partial charge in [0, 0.05) is 18.7 Å². The molecular weight excluding hydrogens is 348 g/mol. The van der Waals surface area contributed by atoms with Crippen LogP contribution in [0, 0.1) is 0 Å². The lowest BCUT2D eigenvalue weighted by Gasteiger charge is -2.09. The molecule has 7 heteroatoms. The van der Waals surface area contributed by atoms with Crippen LogP contribution in [0.25, 0.3) is 0 Å². The SMILES string of the molecule is CCOc1ccc(OCC(=O)NCCNC(=O)c2cccc(OC)c2)cc1. The van der Waals surface area contributed by atoms with Gasteiger partial charge in [-0.2, -0.15) is 0 Å². The van der Waals surface area contributed by atoms with E-state index in [1.165, 1.54) is 0 Å². The standard InChI is InChI=1S/C20H24N2O5/c1-3-26-16-7-9-17(10-8-16)27-14-19(23)21-11-12-22-20(24)15-5-4-6-18(13-15)25-2/h4-10,13H,3,11-12,14H2,1-2H3,(H,21,23)(H,22,24). The van der Waals surface area contributed by atoms with E-state index >= 15 is 0 Å². The number of ether oxygens (including phenoxy) is 3. The maximum Gasteiger partial charge on any atom is 0.258 e. The molecule has 2 aromatic carbocycles. The fourth-order valence-electron chi connectivity index (χ4n) is 2.24. The average Bonchev–Trinajstić information content (AvgIpc) is 2.70. The van der Waals surface area contributed by atoms with Crippen LogP contribution >= 0.6 is 0 Å². The molecular formula is C20H24N2O5. The Balaban J connectivity index is 1.64. The summed E-state index contributed by atoms with van der Waals surface area (Å²) in [7, 11) is 1.54. The lowest BCUT2D eigenvalue weighted by Crippen LogP contribution is -2.36. The van der Waals surface area contributed by atoms with Crippen molar-refractivity contribution >= 4 is 11.8 Å². The molecule has 2 amide bonds. The second-order valence-corrected chi connectivity index (χ2v) is 5.53. The maximum absolute atomic E-state index is 12.0. The number of nitrogens with one attached hydrogen (secondary N) is 2. The van der Waals surface area contributed by atoms with Gasteiger partial charge < -0.3 is 24.8 Å². The smallest absolute Gasteiger partial charge is 0.258 e. The number of hydrogen-bond acceptors (Lipinski definition) is 5. The van der Waals surface area contributed by atoms with Gasteiger partial charge in [-0.3, -0.25) is 9.59 Å². The quantitative estimate of drug-likeness (QED) is 0.623. The van der Waals surface area contributed by atoms with Crippen LogP contribution in [0.15, 0.2) is 48.5 Å². The van der Waals surface area contributed by atoms with Gasteiger partial charge in [0.25, 0.3) is 11.8 Å². The van der Waals surface area contributed by atoms with Crippen molar-refractivity contribution in [3.63, 3.8) is 0 Å². The summed E-state index contributed by atoms with van der Waals surface area (Å²) in [6, 6.07) is 13.9. The minimum atomic E-state index is -0.264. The first kappa shape index (κ1) is 20.1. The molecule has 0 heterocycles. The van der Waals surface area contributed by atoms with Crippen LogP contribution in [0.2, 0.25) is 0 Å². The molecule has 2 rings (SSSR count). The number of carbonyl (C=O) groups excluding carboxylic acids is 2. The van der Waals surface area contributed by atoms with Gasteiger partial charge in [-0.25, -0.2) is 0 Å². The lowest BCUT2D eigenvalue weighted by molar-refractivity contribution is -0.123. The molecule has 0 atom stereocenters. The van der Waals surface area contributed by atoms with Gasteiger partial charge in [0.1, 0.15) is 17.2 Å². The highest BCUT2D eigenvalue weighted by Gasteiger charge is 2.07. The Kier molecular flexibility index (Phi) is 7.96. The molecule has 0 fully saturated rings. The highest BCUT2D eigenvalue weighted by atomic mass is 16.5. The van der Waals surface area contributed by atoms with Crippen LogP contribution in [0.4, 0.5) is 0 Å². The number of amides is 2. The van der Waals surface area contributed by atoms with E-state index in [2.05, 4.69) is 10.6 Å². The Morgan fingerprint density at radius 2 is 1.56 bits per heavy atom. The topological polar surface area (TPSA) is 85.9 Å². The van der Waals surface area contributed by atoms with Crippen molar-refractivity contribution in [2.75, 3.05) is 33.4 Å². The predicted octanol–water partition coefficient (Wildman–Crippen LogP) is 2.02. The monoisotopic (exact) mass is 372 g/mol. The van der Waals surface area contributed by atoms with E-state index in [1.54, 1.807) is 55.6 Å². The first-order valence-electron chi connectivity index (χ1n) is 8.67. The molecule has 0 aromatic heterocycles. The Morgan fingerprint density at radius 1 is 0.889 bits per heavy atom. The second-order valence-electron chi connectivity index (χ2n) is 5.53. The summed E-state index contributed by atoms with van der Waals surface area (Å²) in [5.74, 6) is 1.46. The van der Waals surface area contributed by atoms with E-state index < -0.39 is 0 Å². The number of rotatable bonds is 10. The average molecular weight is 372 g/mol. The molecule has 7 nitrogen and oxygen atoms in total. The van der Waals surface area contributed by atoms with Gasteiger partial charge >= 0.3 is 0 Å². The first-order valence-corrected chi connectivity index (χ1v) is 8.67. The molecule has 0 saturated heterocycles. The summed E-state index contributed by atoms with van der Waals surface area (Å²) >= 11 is 0. The van der Waals surface area contributed by atoms with Crippen LogP contribution in [0.1, 0.15) is 17.3 Å². The lowest BCUT2D eigenvalue weighted by atomic mass is 10.2. The first-order chi connectivity index (χ1) is 13.1. The van der Waals surface area contributed by atoms with Crippen LogP contribution in [0.5, 0.6) is 17.2 Å². The molecule has 0 unspecified atom stereocenters. The molecule has 27 heavy (non-hydrogen) atoms. The molecule has 0 aliphatic carbocycles. The van der Waals surface area contributed by atoms with Gasteiger partial charge in [0.15, 0.2) is 6.61 Å². The number of benzene rings is 2. The number of hydrogen-bond donors (Lipinski definition) is 2. The molecule has 0 bridgehead atoms. The second kappa shape index (κ2) is 10.7. The van der Waals surface area contributed by atoms with Crippen molar-refractivity contribution < 1.29 is 23.8 Å². The van der Waals surface area contributed by atoms with Gasteiger partial charge in [0.2, 0.25) is 0 Å². The highest BCUT2D eigenvalue weighted by Crippen LogP contribution is 2.17. The van der Waals surface area contributed by atoms with Crippen molar-refractivity contribution in [1.29, 1.82) is 0 Å². The van der Waals surface area contributed by atoms with Gasteiger partial charge in [0.05, 0.1) is 13.7 Å². The zero-order chi connectivity index (χ0) is 19.5. The molecule has 144 valence electrons. The summed E-state index contributed by atoms with van der Waals surface area (Å²) in [5.41, 5.74) is 0.500. The number of carbonyl (C=O) groups is 2. The Morgan fingerprint density at radius 3 is 2.22 bits per heavy atom. The fourth-order valence-corrected chi connectivity index (χ4v) is 2.24. The fraction of sp³-hybridized carbons (Fsp3) is 0.300. The molecule has 0 spiro atoms. The third-order valence-corrected chi connectivity index (χ3v) is 3.57. The summed E-state index contributed by atoms with van der Waals surface area (Å²) in [4.78, 5) is 23.8. The third kappa shape index (κ3) is 6.89. The maximum atomic E-state index is 12.0. The molecule has 0 aliphatic heterocycles. The van der Waals surface area contributed by atoms with E-state index in [9.17, 15) is 9.59 Å². The molecule has 0 saturated carbocycles. The van der Waals surface area contributed by atoms with Gasteiger partial charge in [-0.05, 0) is 49.4 Å². The zero-order valence-electron chi connectivity index (χ0n) is 15.5. The molecule has 0 radical (unpaired) electrons. The van der Waals surface area contributed by atoms with Gasteiger partial charge in [-0.15, -0.1) is 0 Å². The molecule has 2 N–H and O–H groups in total. The van der Waals surface area contributed by atoms with Crippen LogP contribution in [-0.4, -0.2) is 45.2 Å². The number of methoxy groups -OCH3 is 1. The Hall–Kier alpha value is -3.22. The van der Waals surface area contributed by atoms with E-state index in [0.717, 1.165) is 5.75 Å². The van der Waals surface area contributed by atoms with E-state index in [4.69, 9.17) is 14.2 Å². The van der Waals surface area contributed by atoms with Gasteiger partial charge in [-0.1, -0.05) is 6.07 Å². The Labute approximate surface area is 158 Å². The minimum Gasteiger partial charge on any atom is -0.497 e. The van der Waals surface area contributed by atoms with Crippen molar-refractivity contribution in [1.82, 2.24) is 10.6 Å². The third-order valence-electron chi connectivity index (χ3n) is 3.57. The van der Waals surface area contributed by atoms with Crippen molar-refractivity contribution in [2.24, 2.45) is 0 Å². The summed E-state index contributed by atoms with van der Waals surface area (Å²) in [6.07, 6.45) is 0. The Bertz CT molecular complexity index is 746. The largest absolute Gasteiger partial charge is 0.497 e. The predicted molar refractivity (Wildman–Crippen MR) is 101 cm³/mol. The van der Waals surface area contributed by atoms with Crippen LogP contribution in [-0.2, 0) is 4.79 Å². The van der Waals surface area contributed by atoms with E-state index in [0.29, 0.717) is 36.8 Å². The summed E-state index contributed by atoms with van der Waals surface area (Å²) < 4.78 is 15.8. The zero-order valence-corrected chi connectivity index (χ0v) is 15.5. The normalized spacial score (nSPS) is 10.0. The van der Waals surface area contributed by atoms with E-state index in [-0.39, 0.29) is 18.4 Å². The minimum absolute atomic E-state index is 0.0994. The summed E-state index contributed by atoms with van der Waals surface area (Å²) in [5, 5.41) is 5.42. The van der Waals surface area contributed by atoms with Crippen LogP contribution < -0.4 is 24.8 Å². The van der Waals surface area contributed by atoms with Crippen LogP contribution in [0.3, 0.4) is 0 Å². The highest BCUT2D eigenvalue weighted by molar-refractivity contribution is 5.94. The molecule has 0 aliphatic rings. The summed E-state index contributed by atoms with van der Waals surface area (Å²) in [6.45, 7) is 3.02. The van der Waals surface area contributed by atoms with E-state index in [1.807, 2.05) is 6.92 Å². The van der Waals surface area contributed by atoms with Crippen molar-refractivity contribution in [3.05, 3.63) is 54.1 Å².